The summed E-state index contributed by atoms with van der Waals surface area (Å²) in [5.74, 6) is -0.102. The van der Waals surface area contributed by atoms with E-state index in [1.165, 1.54) is 0 Å². The number of rotatable bonds is 3. The number of amides is 1. The quantitative estimate of drug-likeness (QED) is 0.631. The minimum atomic E-state index is -0.102. The normalized spacial score (nSPS) is 10.7. The Morgan fingerprint density at radius 2 is 1.91 bits per heavy atom. The van der Waals surface area contributed by atoms with Gasteiger partial charge in [-0.05, 0) is 42.8 Å². The number of benzene rings is 2. The monoisotopic (exact) mass is 432 g/mol. The van der Waals surface area contributed by atoms with Gasteiger partial charge in [-0.15, -0.1) is 0 Å². The molecule has 0 aliphatic rings. The number of nitrogens with one attached hydrogen (secondary N) is 1. The molecule has 1 amide bonds. The van der Waals surface area contributed by atoms with Crippen molar-refractivity contribution in [1.82, 2.24) is 10.3 Å². The van der Waals surface area contributed by atoms with E-state index in [1.807, 2.05) is 55.5 Å². The van der Waals surface area contributed by atoms with E-state index in [1.54, 1.807) is 0 Å². The van der Waals surface area contributed by atoms with Crippen molar-refractivity contribution >= 4 is 48.7 Å². The molecule has 3 nitrogen and oxygen atoms in total. The molecule has 5 heteroatoms. The number of hydrogen-bond donors (Lipinski definition) is 1. The topological polar surface area (TPSA) is 42.0 Å². The molecule has 0 fully saturated rings. The lowest BCUT2D eigenvalue weighted by molar-refractivity contribution is 0.0952. The molecule has 0 bridgehead atoms. The van der Waals surface area contributed by atoms with Crippen molar-refractivity contribution in [3.63, 3.8) is 0 Å². The van der Waals surface area contributed by atoms with Crippen molar-refractivity contribution in [2.24, 2.45) is 0 Å². The standard InChI is InChI=1S/C18H14Br2N2O/c1-11-8-15(14-9-13(19)6-7-17(14)22-11)18(23)21-10-12-4-2-3-5-16(12)20/h2-9H,10H2,1H3,(H,21,23). The Morgan fingerprint density at radius 1 is 1.13 bits per heavy atom. The van der Waals surface area contributed by atoms with E-state index in [2.05, 4.69) is 42.2 Å². The van der Waals surface area contributed by atoms with Crippen molar-refractivity contribution in [2.45, 2.75) is 13.5 Å². The van der Waals surface area contributed by atoms with E-state index in [0.717, 1.165) is 31.1 Å². The fraction of sp³-hybridized carbons (Fsp3) is 0.111. The van der Waals surface area contributed by atoms with Crippen LogP contribution in [0.2, 0.25) is 0 Å². The molecule has 0 radical (unpaired) electrons. The van der Waals surface area contributed by atoms with E-state index in [4.69, 9.17) is 0 Å². The highest BCUT2D eigenvalue weighted by Gasteiger charge is 2.12. The van der Waals surface area contributed by atoms with Gasteiger partial charge in [-0.3, -0.25) is 9.78 Å². The van der Waals surface area contributed by atoms with Crippen LogP contribution in [-0.2, 0) is 6.54 Å². The number of hydrogen-bond acceptors (Lipinski definition) is 2. The van der Waals surface area contributed by atoms with Crippen molar-refractivity contribution in [1.29, 1.82) is 0 Å². The van der Waals surface area contributed by atoms with E-state index in [-0.39, 0.29) is 5.91 Å². The summed E-state index contributed by atoms with van der Waals surface area (Å²) in [5, 5.41) is 3.83. The Bertz CT molecular complexity index is 893. The summed E-state index contributed by atoms with van der Waals surface area (Å²) >= 11 is 6.95. The Balaban J connectivity index is 1.91. The Hall–Kier alpha value is -1.72. The summed E-state index contributed by atoms with van der Waals surface area (Å²) < 4.78 is 1.91. The van der Waals surface area contributed by atoms with Crippen LogP contribution in [0.15, 0.2) is 57.5 Å². The van der Waals surface area contributed by atoms with Crippen LogP contribution in [-0.4, -0.2) is 10.9 Å². The average molecular weight is 434 g/mol. The molecular weight excluding hydrogens is 420 g/mol. The molecule has 0 unspecified atom stereocenters. The van der Waals surface area contributed by atoms with Crippen LogP contribution in [0.3, 0.4) is 0 Å². The Labute approximate surface area is 151 Å². The molecule has 3 aromatic rings. The second-order valence-corrected chi connectivity index (χ2v) is 7.02. The number of carbonyl (C=O) groups excluding carboxylic acids is 1. The molecule has 0 saturated carbocycles. The average Bonchev–Trinajstić information content (AvgIpc) is 2.53. The summed E-state index contributed by atoms with van der Waals surface area (Å²) in [6, 6.07) is 15.4. The van der Waals surface area contributed by atoms with Crippen molar-refractivity contribution in [3.8, 4) is 0 Å². The minimum Gasteiger partial charge on any atom is -0.348 e. The van der Waals surface area contributed by atoms with Crippen LogP contribution in [0.25, 0.3) is 10.9 Å². The fourth-order valence-corrected chi connectivity index (χ4v) is 3.22. The molecule has 0 atom stereocenters. The second-order valence-electron chi connectivity index (χ2n) is 5.25. The zero-order valence-electron chi connectivity index (χ0n) is 12.4. The lowest BCUT2D eigenvalue weighted by atomic mass is 10.1. The lowest BCUT2D eigenvalue weighted by Crippen LogP contribution is -2.23. The number of halogens is 2. The smallest absolute Gasteiger partial charge is 0.252 e. The molecule has 1 heterocycles. The lowest BCUT2D eigenvalue weighted by Gasteiger charge is -2.10. The van der Waals surface area contributed by atoms with Crippen LogP contribution < -0.4 is 5.32 Å². The number of aromatic nitrogens is 1. The van der Waals surface area contributed by atoms with Gasteiger partial charge in [-0.2, -0.15) is 0 Å². The van der Waals surface area contributed by atoms with Crippen molar-refractivity contribution in [3.05, 3.63) is 74.3 Å². The summed E-state index contributed by atoms with van der Waals surface area (Å²) in [4.78, 5) is 17.1. The number of fused-ring (bicyclic) bond motifs is 1. The van der Waals surface area contributed by atoms with Gasteiger partial charge < -0.3 is 5.32 Å². The molecule has 23 heavy (non-hydrogen) atoms. The molecule has 116 valence electrons. The third-order valence-electron chi connectivity index (χ3n) is 3.54. The van der Waals surface area contributed by atoms with Crippen LogP contribution >= 0.6 is 31.9 Å². The van der Waals surface area contributed by atoms with Gasteiger partial charge in [0.15, 0.2) is 0 Å². The molecule has 1 aromatic heterocycles. The maximum atomic E-state index is 12.6. The third-order valence-corrected chi connectivity index (χ3v) is 4.81. The fourth-order valence-electron chi connectivity index (χ4n) is 2.43. The van der Waals surface area contributed by atoms with Gasteiger partial charge in [0.25, 0.3) is 5.91 Å². The molecule has 0 spiro atoms. The molecule has 0 aliphatic heterocycles. The van der Waals surface area contributed by atoms with Gasteiger partial charge >= 0.3 is 0 Å². The summed E-state index contributed by atoms with van der Waals surface area (Å²) in [6.07, 6.45) is 0. The number of aryl methyl sites for hydroxylation is 1. The van der Waals surface area contributed by atoms with Crippen molar-refractivity contribution in [2.75, 3.05) is 0 Å². The van der Waals surface area contributed by atoms with E-state index < -0.39 is 0 Å². The van der Waals surface area contributed by atoms with E-state index >= 15 is 0 Å². The molecule has 3 rings (SSSR count). The number of pyridine rings is 1. The second kappa shape index (κ2) is 6.81. The molecular formula is C18H14Br2N2O. The highest BCUT2D eigenvalue weighted by molar-refractivity contribution is 9.10. The number of carbonyl (C=O) groups is 1. The number of nitrogens with zero attached hydrogens (tertiary/aromatic N) is 1. The Kier molecular flexibility index (Phi) is 4.78. The van der Waals surface area contributed by atoms with Gasteiger partial charge in [0.2, 0.25) is 0 Å². The van der Waals surface area contributed by atoms with Crippen LogP contribution in [0.4, 0.5) is 0 Å². The first kappa shape index (κ1) is 16.1. The first-order valence-electron chi connectivity index (χ1n) is 7.13. The highest BCUT2D eigenvalue weighted by atomic mass is 79.9. The predicted molar refractivity (Wildman–Crippen MR) is 99.5 cm³/mol. The first-order valence-corrected chi connectivity index (χ1v) is 8.72. The van der Waals surface area contributed by atoms with Gasteiger partial charge in [0, 0.05) is 26.6 Å². The predicted octanol–water partition coefficient (Wildman–Crippen LogP) is 5.00. The van der Waals surface area contributed by atoms with Crippen LogP contribution in [0.5, 0.6) is 0 Å². The highest BCUT2D eigenvalue weighted by Crippen LogP contribution is 2.23. The van der Waals surface area contributed by atoms with Gasteiger partial charge in [0.1, 0.15) is 0 Å². The minimum absolute atomic E-state index is 0.102. The maximum Gasteiger partial charge on any atom is 0.252 e. The van der Waals surface area contributed by atoms with Crippen molar-refractivity contribution < 1.29 is 4.79 Å². The van der Waals surface area contributed by atoms with Crippen LogP contribution in [0, 0.1) is 6.92 Å². The van der Waals surface area contributed by atoms with Crippen LogP contribution in [0.1, 0.15) is 21.6 Å². The summed E-state index contributed by atoms with van der Waals surface area (Å²) in [5.41, 5.74) is 3.32. The van der Waals surface area contributed by atoms with Gasteiger partial charge in [-0.25, -0.2) is 0 Å². The van der Waals surface area contributed by atoms with E-state index in [0.29, 0.717) is 12.1 Å². The molecule has 1 N–H and O–H groups in total. The first-order chi connectivity index (χ1) is 11.0. The Morgan fingerprint density at radius 3 is 2.70 bits per heavy atom. The SMILES string of the molecule is Cc1cc(C(=O)NCc2ccccc2Br)c2cc(Br)ccc2n1. The van der Waals surface area contributed by atoms with Gasteiger partial charge in [0.05, 0.1) is 11.1 Å². The van der Waals surface area contributed by atoms with E-state index in [9.17, 15) is 4.79 Å². The third kappa shape index (κ3) is 3.62. The molecule has 0 saturated heterocycles. The zero-order valence-corrected chi connectivity index (χ0v) is 15.6. The molecule has 2 aromatic carbocycles. The molecule has 0 aliphatic carbocycles. The largest absolute Gasteiger partial charge is 0.348 e. The zero-order chi connectivity index (χ0) is 16.4. The maximum absolute atomic E-state index is 12.6. The summed E-state index contributed by atoms with van der Waals surface area (Å²) in [7, 11) is 0. The van der Waals surface area contributed by atoms with Gasteiger partial charge in [-0.1, -0.05) is 50.1 Å². The summed E-state index contributed by atoms with van der Waals surface area (Å²) in [6.45, 7) is 2.36.